The molecule has 0 spiro atoms. The first-order chi connectivity index (χ1) is 13.3. The van der Waals surface area contributed by atoms with Gasteiger partial charge in [-0.1, -0.05) is 6.07 Å². The summed E-state index contributed by atoms with van der Waals surface area (Å²) in [5.74, 6) is 4.33. The van der Waals surface area contributed by atoms with Gasteiger partial charge in [0.1, 0.15) is 12.1 Å². The van der Waals surface area contributed by atoms with Gasteiger partial charge < -0.3 is 20.4 Å². The molecule has 0 aliphatic carbocycles. The number of nitrogens with zero attached hydrogens (tertiary/aromatic N) is 3. The predicted octanol–water partition coefficient (Wildman–Crippen LogP) is 2.23. The fourth-order valence-corrected chi connectivity index (χ4v) is 3.02. The molecule has 0 radical (unpaired) electrons. The highest BCUT2D eigenvalue weighted by Crippen LogP contribution is 2.33. The Balaban J connectivity index is 2.15. The van der Waals surface area contributed by atoms with Gasteiger partial charge in [0.2, 0.25) is 0 Å². The summed E-state index contributed by atoms with van der Waals surface area (Å²) in [5, 5.41) is 1.97. The summed E-state index contributed by atoms with van der Waals surface area (Å²) in [6, 6.07) is 8.03. The molecule has 0 fully saturated rings. The van der Waals surface area contributed by atoms with Crippen molar-refractivity contribution in [3.63, 3.8) is 0 Å². The number of amides is 1. The molecule has 5 N–H and O–H groups in total. The van der Waals surface area contributed by atoms with E-state index in [-0.39, 0.29) is 23.6 Å². The van der Waals surface area contributed by atoms with Crippen molar-refractivity contribution >= 4 is 40.4 Å². The third kappa shape index (κ3) is 3.39. The highest BCUT2D eigenvalue weighted by molar-refractivity contribution is 6.01. The second-order valence-electron chi connectivity index (χ2n) is 6.46. The number of anilines is 3. The maximum absolute atomic E-state index is 14.6. The number of aromatic nitrogens is 2. The molecule has 1 atom stereocenters. The Morgan fingerprint density at radius 3 is 2.79 bits per heavy atom. The lowest BCUT2D eigenvalue weighted by Crippen LogP contribution is -2.41. The Bertz CT molecular complexity index is 1030. The highest BCUT2D eigenvalue weighted by atomic mass is 19.1. The number of fused-ring (bicyclic) bond motifs is 1. The van der Waals surface area contributed by atoms with Crippen LogP contribution in [0, 0.1) is 5.82 Å². The minimum Gasteiger partial charge on any atom is -0.365 e. The van der Waals surface area contributed by atoms with E-state index in [2.05, 4.69) is 9.97 Å². The van der Waals surface area contributed by atoms with E-state index < -0.39 is 17.8 Å². The SMILES string of the molecule is CC(CC=O)N(N)c1nc(N(C)c2cccc3[nH]ccc23)c(C(N)=O)cc1F. The fraction of sp³-hybridized carbons (Fsp3) is 0.211. The molecule has 0 aliphatic rings. The largest absolute Gasteiger partial charge is 0.365 e. The minimum atomic E-state index is -0.814. The standard InChI is InChI=1S/C19H21FN6O2/c1-11(7-9-27)26(22)19-14(20)10-13(17(21)28)18(24-19)25(2)16-5-3-4-15-12(16)6-8-23-15/h3-6,8-11,23H,7,22H2,1-2H3,(H2,21,28). The van der Waals surface area contributed by atoms with Crippen LogP contribution in [-0.2, 0) is 4.79 Å². The number of H-pyrrole nitrogens is 1. The van der Waals surface area contributed by atoms with Gasteiger partial charge in [-0.15, -0.1) is 0 Å². The van der Waals surface area contributed by atoms with Crippen molar-refractivity contribution in [2.45, 2.75) is 19.4 Å². The normalized spacial score (nSPS) is 12.0. The number of aldehydes is 1. The highest BCUT2D eigenvalue weighted by Gasteiger charge is 2.24. The van der Waals surface area contributed by atoms with Gasteiger partial charge in [0.25, 0.3) is 5.91 Å². The number of pyridine rings is 1. The third-order valence-electron chi connectivity index (χ3n) is 4.61. The van der Waals surface area contributed by atoms with Crippen molar-refractivity contribution in [2.75, 3.05) is 17.0 Å². The fourth-order valence-electron chi connectivity index (χ4n) is 3.02. The van der Waals surface area contributed by atoms with Gasteiger partial charge in [-0.25, -0.2) is 15.2 Å². The van der Waals surface area contributed by atoms with Gasteiger partial charge in [0.05, 0.1) is 17.3 Å². The minimum absolute atomic E-state index is 0.0762. The van der Waals surface area contributed by atoms with Crippen LogP contribution in [0.5, 0.6) is 0 Å². The van der Waals surface area contributed by atoms with E-state index in [9.17, 15) is 14.0 Å². The molecule has 28 heavy (non-hydrogen) atoms. The van der Waals surface area contributed by atoms with E-state index in [1.165, 1.54) is 0 Å². The van der Waals surface area contributed by atoms with Gasteiger partial charge in [-0.3, -0.25) is 9.80 Å². The zero-order chi connectivity index (χ0) is 20.4. The van der Waals surface area contributed by atoms with E-state index in [0.717, 1.165) is 27.7 Å². The van der Waals surface area contributed by atoms with Crippen LogP contribution < -0.4 is 21.5 Å². The molecule has 1 amide bonds. The lowest BCUT2D eigenvalue weighted by Gasteiger charge is -2.27. The quantitative estimate of drug-likeness (QED) is 0.326. The van der Waals surface area contributed by atoms with Gasteiger partial charge in [0, 0.05) is 30.6 Å². The Morgan fingerprint density at radius 1 is 1.36 bits per heavy atom. The zero-order valence-corrected chi connectivity index (χ0v) is 15.5. The molecule has 8 nitrogen and oxygen atoms in total. The van der Waals surface area contributed by atoms with Crippen LogP contribution in [0.15, 0.2) is 36.5 Å². The van der Waals surface area contributed by atoms with Crippen LogP contribution >= 0.6 is 0 Å². The van der Waals surface area contributed by atoms with E-state index >= 15 is 0 Å². The van der Waals surface area contributed by atoms with Gasteiger partial charge in [-0.05, 0) is 31.2 Å². The number of rotatable bonds is 7. The average Bonchev–Trinajstić information content (AvgIpc) is 3.15. The Kier molecular flexibility index (Phi) is 5.27. The number of primary amides is 1. The first-order valence-corrected chi connectivity index (χ1v) is 8.63. The second-order valence-corrected chi connectivity index (χ2v) is 6.46. The molecular weight excluding hydrogens is 363 g/mol. The van der Waals surface area contributed by atoms with Crippen LogP contribution in [0.1, 0.15) is 23.7 Å². The lowest BCUT2D eigenvalue weighted by atomic mass is 10.1. The topological polar surface area (TPSA) is 121 Å². The summed E-state index contributed by atoms with van der Waals surface area (Å²) in [6.07, 6.45) is 2.59. The molecular formula is C19H21FN6O2. The molecule has 2 aromatic heterocycles. The summed E-state index contributed by atoms with van der Waals surface area (Å²) in [4.78, 5) is 31.8. The molecule has 1 unspecified atom stereocenters. The monoisotopic (exact) mass is 384 g/mol. The number of halogens is 1. The number of aromatic amines is 1. The van der Waals surface area contributed by atoms with E-state index in [1.54, 1.807) is 25.1 Å². The number of carbonyl (C=O) groups excluding carboxylic acids is 2. The molecule has 146 valence electrons. The number of carbonyl (C=O) groups is 2. The molecule has 3 rings (SSSR count). The van der Waals surface area contributed by atoms with E-state index in [1.807, 2.05) is 24.3 Å². The van der Waals surface area contributed by atoms with Crippen molar-refractivity contribution in [1.29, 1.82) is 0 Å². The molecule has 0 saturated carbocycles. The van der Waals surface area contributed by atoms with Gasteiger partial charge in [-0.2, -0.15) is 0 Å². The predicted molar refractivity (Wildman–Crippen MR) is 106 cm³/mol. The smallest absolute Gasteiger partial charge is 0.252 e. The number of nitrogens with one attached hydrogen (secondary N) is 1. The molecule has 1 aromatic carbocycles. The molecule has 2 heterocycles. The van der Waals surface area contributed by atoms with Crippen LogP contribution in [-0.4, -0.2) is 35.3 Å². The van der Waals surface area contributed by atoms with Crippen LogP contribution in [0.25, 0.3) is 10.9 Å². The third-order valence-corrected chi connectivity index (χ3v) is 4.61. The number of hydrogen-bond acceptors (Lipinski definition) is 6. The maximum Gasteiger partial charge on any atom is 0.252 e. The summed E-state index contributed by atoms with van der Waals surface area (Å²) >= 11 is 0. The second kappa shape index (κ2) is 7.65. The van der Waals surface area contributed by atoms with Crippen LogP contribution in [0.4, 0.5) is 21.7 Å². The molecule has 0 bridgehead atoms. The zero-order valence-electron chi connectivity index (χ0n) is 15.5. The van der Waals surface area contributed by atoms with Crippen molar-refractivity contribution in [2.24, 2.45) is 11.6 Å². The number of nitrogens with two attached hydrogens (primary N) is 2. The number of hydrazine groups is 1. The summed E-state index contributed by atoms with van der Waals surface area (Å²) in [7, 11) is 1.70. The molecule has 0 saturated heterocycles. The summed E-state index contributed by atoms with van der Waals surface area (Å²) < 4.78 is 14.6. The Morgan fingerprint density at radius 2 is 2.11 bits per heavy atom. The molecule has 9 heteroatoms. The van der Waals surface area contributed by atoms with E-state index in [4.69, 9.17) is 11.6 Å². The Hall–Kier alpha value is -3.46. The van der Waals surface area contributed by atoms with Crippen molar-refractivity contribution in [3.8, 4) is 0 Å². The summed E-state index contributed by atoms with van der Waals surface area (Å²) in [5.41, 5.74) is 7.02. The van der Waals surface area contributed by atoms with Crippen molar-refractivity contribution in [1.82, 2.24) is 9.97 Å². The maximum atomic E-state index is 14.6. The molecule has 0 aliphatic heterocycles. The average molecular weight is 384 g/mol. The van der Waals surface area contributed by atoms with Gasteiger partial charge in [0.15, 0.2) is 11.6 Å². The first kappa shape index (κ1) is 19.3. The first-order valence-electron chi connectivity index (χ1n) is 8.63. The Labute approximate surface area is 160 Å². The van der Waals surface area contributed by atoms with Gasteiger partial charge >= 0.3 is 0 Å². The van der Waals surface area contributed by atoms with Crippen LogP contribution in [0.3, 0.4) is 0 Å². The molecule has 3 aromatic rings. The summed E-state index contributed by atoms with van der Waals surface area (Å²) in [6.45, 7) is 1.67. The van der Waals surface area contributed by atoms with Crippen molar-refractivity contribution in [3.05, 3.63) is 47.9 Å². The lowest BCUT2D eigenvalue weighted by molar-refractivity contribution is -0.108. The van der Waals surface area contributed by atoms with Crippen molar-refractivity contribution < 1.29 is 14.0 Å². The number of benzene rings is 1. The number of hydrogen-bond donors (Lipinski definition) is 3. The van der Waals surface area contributed by atoms with Crippen LogP contribution in [0.2, 0.25) is 0 Å². The van der Waals surface area contributed by atoms with E-state index in [0.29, 0.717) is 6.29 Å².